The number of hydrogen-bond donors (Lipinski definition) is 2. The molecule has 2 aromatic heterocycles. The van der Waals surface area contributed by atoms with E-state index in [1.165, 1.54) is 11.3 Å². The summed E-state index contributed by atoms with van der Waals surface area (Å²) in [6.45, 7) is 0.374. The van der Waals surface area contributed by atoms with Crippen LogP contribution in [0, 0.1) is 0 Å². The first-order valence-corrected chi connectivity index (χ1v) is 9.84. The molecule has 6 nitrogen and oxygen atoms in total. The molecule has 146 valence electrons. The summed E-state index contributed by atoms with van der Waals surface area (Å²) in [6.07, 6.45) is 1.61. The van der Waals surface area contributed by atoms with Crippen LogP contribution in [0.15, 0.2) is 58.5 Å². The number of nitrogens with zero attached hydrogens (tertiary/aromatic N) is 1. The largest absolute Gasteiger partial charge is 0.468 e. The molecule has 0 spiro atoms. The SMILES string of the molecule is CN(C)C(CNC(=O)c1ccc(Cl)c(NC(=O)c2cccs2)c1)c1ccco1. The number of anilines is 1. The van der Waals surface area contributed by atoms with Gasteiger partial charge in [0.05, 0.1) is 27.9 Å². The average molecular weight is 418 g/mol. The number of rotatable bonds is 7. The van der Waals surface area contributed by atoms with Crippen LogP contribution in [0.25, 0.3) is 0 Å². The Morgan fingerprint density at radius 2 is 2.00 bits per heavy atom. The van der Waals surface area contributed by atoms with Crippen LogP contribution in [0.3, 0.4) is 0 Å². The summed E-state index contributed by atoms with van der Waals surface area (Å²) in [7, 11) is 3.83. The Kier molecular flexibility index (Phi) is 6.51. The van der Waals surface area contributed by atoms with Gasteiger partial charge in [0.2, 0.25) is 0 Å². The van der Waals surface area contributed by atoms with Crippen molar-refractivity contribution in [2.45, 2.75) is 6.04 Å². The van der Waals surface area contributed by atoms with Crippen molar-refractivity contribution in [3.8, 4) is 0 Å². The first-order valence-electron chi connectivity index (χ1n) is 8.58. The van der Waals surface area contributed by atoms with E-state index in [9.17, 15) is 9.59 Å². The molecule has 0 aliphatic rings. The molecule has 0 radical (unpaired) electrons. The van der Waals surface area contributed by atoms with Crippen molar-refractivity contribution >= 4 is 40.4 Å². The molecule has 1 aromatic carbocycles. The summed E-state index contributed by atoms with van der Waals surface area (Å²) in [5.41, 5.74) is 0.797. The molecule has 2 N–H and O–H groups in total. The third-order valence-corrected chi connectivity index (χ3v) is 5.37. The number of benzene rings is 1. The zero-order valence-corrected chi connectivity index (χ0v) is 17.0. The number of furan rings is 1. The lowest BCUT2D eigenvalue weighted by molar-refractivity contribution is 0.0938. The minimum atomic E-state index is -0.264. The fourth-order valence-corrected chi connectivity index (χ4v) is 3.45. The van der Waals surface area contributed by atoms with Crippen molar-refractivity contribution in [3.63, 3.8) is 0 Å². The van der Waals surface area contributed by atoms with E-state index >= 15 is 0 Å². The van der Waals surface area contributed by atoms with Gasteiger partial charge in [-0.05, 0) is 55.9 Å². The van der Waals surface area contributed by atoms with Gasteiger partial charge in [0.1, 0.15) is 5.76 Å². The van der Waals surface area contributed by atoms with E-state index in [1.54, 1.807) is 36.6 Å². The van der Waals surface area contributed by atoms with Crippen LogP contribution in [-0.4, -0.2) is 37.4 Å². The normalized spacial score (nSPS) is 12.0. The lowest BCUT2D eigenvalue weighted by Gasteiger charge is -2.22. The number of halogens is 1. The van der Waals surface area contributed by atoms with Gasteiger partial charge in [-0.1, -0.05) is 17.7 Å². The van der Waals surface area contributed by atoms with Gasteiger partial charge in [0.15, 0.2) is 0 Å². The molecule has 0 aliphatic heterocycles. The lowest BCUT2D eigenvalue weighted by Crippen LogP contribution is -2.34. The van der Waals surface area contributed by atoms with Crippen molar-refractivity contribution < 1.29 is 14.0 Å². The molecule has 28 heavy (non-hydrogen) atoms. The molecule has 8 heteroatoms. The number of hydrogen-bond acceptors (Lipinski definition) is 5. The number of thiophene rings is 1. The minimum Gasteiger partial charge on any atom is -0.468 e. The standard InChI is InChI=1S/C20H20ClN3O3S/c1-24(2)16(17-5-3-9-27-17)12-22-19(25)13-7-8-14(21)15(11-13)23-20(26)18-6-4-10-28-18/h3-11,16H,12H2,1-2H3,(H,22,25)(H,23,26). The molecule has 0 aliphatic carbocycles. The predicted molar refractivity (Wildman–Crippen MR) is 111 cm³/mol. The van der Waals surface area contributed by atoms with Gasteiger partial charge in [-0.15, -0.1) is 11.3 Å². The zero-order chi connectivity index (χ0) is 20.1. The van der Waals surface area contributed by atoms with Gasteiger partial charge in [0, 0.05) is 12.1 Å². The maximum absolute atomic E-state index is 12.6. The maximum Gasteiger partial charge on any atom is 0.265 e. The molecule has 3 rings (SSSR count). The van der Waals surface area contributed by atoms with Crippen LogP contribution in [0.5, 0.6) is 0 Å². The Morgan fingerprint density at radius 3 is 2.64 bits per heavy atom. The van der Waals surface area contributed by atoms with Gasteiger partial charge < -0.3 is 15.1 Å². The molecule has 0 saturated carbocycles. The quantitative estimate of drug-likeness (QED) is 0.601. The van der Waals surface area contributed by atoms with E-state index in [0.29, 0.717) is 27.7 Å². The van der Waals surface area contributed by atoms with Crippen molar-refractivity contribution in [1.82, 2.24) is 10.2 Å². The summed E-state index contributed by atoms with van der Waals surface area (Å²) in [5.74, 6) is 0.243. The molecule has 0 fully saturated rings. The Labute approximate surface area is 172 Å². The van der Waals surface area contributed by atoms with Gasteiger partial charge in [-0.25, -0.2) is 0 Å². The maximum atomic E-state index is 12.6. The summed E-state index contributed by atoms with van der Waals surface area (Å²) in [4.78, 5) is 27.4. The van der Waals surface area contributed by atoms with Crippen molar-refractivity contribution in [2.24, 2.45) is 0 Å². The van der Waals surface area contributed by atoms with E-state index in [0.717, 1.165) is 5.76 Å². The number of nitrogens with one attached hydrogen (secondary N) is 2. The van der Waals surface area contributed by atoms with Crippen molar-refractivity contribution in [1.29, 1.82) is 0 Å². The van der Waals surface area contributed by atoms with Crippen LogP contribution in [0.1, 0.15) is 31.8 Å². The van der Waals surface area contributed by atoms with Gasteiger partial charge in [-0.3, -0.25) is 14.5 Å². The average Bonchev–Trinajstić information content (AvgIpc) is 3.37. The van der Waals surface area contributed by atoms with Crippen LogP contribution in [0.2, 0.25) is 5.02 Å². The van der Waals surface area contributed by atoms with E-state index in [-0.39, 0.29) is 17.9 Å². The molecule has 1 atom stereocenters. The summed E-state index contributed by atoms with van der Waals surface area (Å²) in [6, 6.07) is 11.9. The molecule has 2 heterocycles. The van der Waals surface area contributed by atoms with E-state index in [1.807, 2.05) is 36.5 Å². The highest BCUT2D eigenvalue weighted by molar-refractivity contribution is 7.12. The number of likely N-dealkylation sites (N-methyl/N-ethyl adjacent to an activating group) is 1. The molecule has 3 aromatic rings. The topological polar surface area (TPSA) is 74.6 Å². The monoisotopic (exact) mass is 417 g/mol. The first kappa shape index (κ1) is 20.1. The molecular weight excluding hydrogens is 398 g/mol. The summed E-state index contributed by atoms with van der Waals surface area (Å²) < 4.78 is 5.45. The van der Waals surface area contributed by atoms with Crippen molar-refractivity contribution in [3.05, 3.63) is 75.3 Å². The van der Waals surface area contributed by atoms with Crippen LogP contribution < -0.4 is 10.6 Å². The van der Waals surface area contributed by atoms with Gasteiger partial charge in [0.25, 0.3) is 11.8 Å². The van der Waals surface area contributed by atoms with E-state index in [4.69, 9.17) is 16.0 Å². The molecule has 0 bridgehead atoms. The second-order valence-corrected chi connectivity index (χ2v) is 7.69. The smallest absolute Gasteiger partial charge is 0.265 e. The zero-order valence-electron chi connectivity index (χ0n) is 15.4. The summed E-state index contributed by atoms with van der Waals surface area (Å²) in [5, 5.41) is 7.84. The second kappa shape index (κ2) is 9.05. The summed E-state index contributed by atoms with van der Waals surface area (Å²) >= 11 is 7.51. The fraction of sp³-hybridized carbons (Fsp3) is 0.200. The third kappa shape index (κ3) is 4.81. The Hall–Kier alpha value is -2.61. The lowest BCUT2D eigenvalue weighted by atomic mass is 10.1. The van der Waals surface area contributed by atoms with Crippen LogP contribution in [-0.2, 0) is 0 Å². The number of amides is 2. The Bertz CT molecular complexity index is 940. The van der Waals surface area contributed by atoms with Crippen LogP contribution in [0.4, 0.5) is 5.69 Å². The Balaban J connectivity index is 1.69. The number of carbonyl (C=O) groups excluding carboxylic acids is 2. The first-order chi connectivity index (χ1) is 13.5. The van der Waals surface area contributed by atoms with E-state index in [2.05, 4.69) is 10.6 Å². The van der Waals surface area contributed by atoms with Crippen molar-refractivity contribution in [2.75, 3.05) is 26.0 Å². The Morgan fingerprint density at radius 1 is 1.18 bits per heavy atom. The van der Waals surface area contributed by atoms with E-state index < -0.39 is 0 Å². The predicted octanol–water partition coefficient (Wildman–Crippen LogP) is 4.28. The van der Waals surface area contributed by atoms with Gasteiger partial charge >= 0.3 is 0 Å². The second-order valence-electron chi connectivity index (χ2n) is 6.33. The minimum absolute atomic E-state index is 0.0933. The molecule has 1 unspecified atom stereocenters. The highest BCUT2D eigenvalue weighted by Crippen LogP contribution is 2.25. The van der Waals surface area contributed by atoms with Crippen LogP contribution >= 0.6 is 22.9 Å². The highest BCUT2D eigenvalue weighted by atomic mass is 35.5. The highest BCUT2D eigenvalue weighted by Gasteiger charge is 2.19. The molecule has 2 amide bonds. The molecule has 0 saturated heterocycles. The fourth-order valence-electron chi connectivity index (χ4n) is 2.66. The van der Waals surface area contributed by atoms with Gasteiger partial charge in [-0.2, -0.15) is 0 Å². The number of carbonyl (C=O) groups is 2. The third-order valence-electron chi connectivity index (χ3n) is 4.17. The molecular formula is C20H20ClN3O3S.